The van der Waals surface area contributed by atoms with Crippen LogP contribution < -0.4 is 5.32 Å². The highest BCUT2D eigenvalue weighted by Gasteiger charge is 2.36. The molecule has 104 valence electrons. The van der Waals surface area contributed by atoms with Crippen molar-refractivity contribution in [3.05, 3.63) is 58.6 Å². The van der Waals surface area contributed by atoms with Crippen LogP contribution in [-0.4, -0.2) is 16.1 Å². The molecule has 1 unspecified atom stereocenters. The molecule has 0 aliphatic carbocycles. The number of anilines is 1. The summed E-state index contributed by atoms with van der Waals surface area (Å²) in [6.45, 7) is 1.46. The lowest BCUT2D eigenvalue weighted by molar-refractivity contribution is -0.142. The Bertz CT molecular complexity index is 651. The summed E-state index contributed by atoms with van der Waals surface area (Å²) in [5, 5.41) is 12.4. The Morgan fingerprint density at radius 3 is 2.70 bits per heavy atom. The highest BCUT2D eigenvalue weighted by molar-refractivity contribution is 9.10. The summed E-state index contributed by atoms with van der Waals surface area (Å²) in [5.74, 6) is -1.70. The minimum Gasteiger partial charge on any atom is -0.479 e. The first kappa shape index (κ1) is 14.5. The van der Waals surface area contributed by atoms with E-state index in [1.165, 1.54) is 13.1 Å². The van der Waals surface area contributed by atoms with E-state index in [-0.39, 0.29) is 5.56 Å². The van der Waals surface area contributed by atoms with E-state index < -0.39 is 17.3 Å². The topological polar surface area (TPSA) is 62.2 Å². The summed E-state index contributed by atoms with van der Waals surface area (Å²) >= 11 is 3.34. The summed E-state index contributed by atoms with van der Waals surface area (Å²) in [6.07, 6.45) is 2.37. The zero-order valence-corrected chi connectivity index (χ0v) is 12.2. The first-order valence-corrected chi connectivity index (χ1v) is 6.60. The fourth-order valence-electron chi connectivity index (χ4n) is 1.77. The number of carbonyl (C=O) groups is 1. The molecular weight excluding hydrogens is 327 g/mol. The second-order valence-corrected chi connectivity index (χ2v) is 5.28. The van der Waals surface area contributed by atoms with Crippen LogP contribution in [0.25, 0.3) is 0 Å². The average Bonchev–Trinajstić information content (AvgIpc) is 2.41. The van der Waals surface area contributed by atoms with Gasteiger partial charge in [-0.05, 0) is 41.1 Å². The van der Waals surface area contributed by atoms with Gasteiger partial charge in [-0.15, -0.1) is 0 Å². The fraction of sp³-hybridized carbons (Fsp3) is 0.143. The van der Waals surface area contributed by atoms with Crippen LogP contribution in [0, 0.1) is 5.82 Å². The molecule has 1 aromatic heterocycles. The first-order chi connectivity index (χ1) is 9.43. The number of rotatable bonds is 4. The zero-order valence-electron chi connectivity index (χ0n) is 10.6. The molecule has 0 saturated carbocycles. The minimum atomic E-state index is -1.49. The number of pyridine rings is 1. The normalized spacial score (nSPS) is 13.6. The Morgan fingerprint density at radius 2 is 2.10 bits per heavy atom. The van der Waals surface area contributed by atoms with Gasteiger partial charge in [0.1, 0.15) is 5.82 Å². The highest BCUT2D eigenvalue weighted by Crippen LogP contribution is 2.30. The van der Waals surface area contributed by atoms with Gasteiger partial charge in [0.05, 0.1) is 6.20 Å². The molecule has 6 heteroatoms. The minimum absolute atomic E-state index is 0.237. The summed E-state index contributed by atoms with van der Waals surface area (Å²) in [5.41, 5.74) is -0.652. The number of aliphatic carboxylic acids is 1. The van der Waals surface area contributed by atoms with Crippen molar-refractivity contribution in [1.82, 2.24) is 4.98 Å². The third-order valence-electron chi connectivity index (χ3n) is 2.97. The lowest BCUT2D eigenvalue weighted by Gasteiger charge is -2.28. The van der Waals surface area contributed by atoms with E-state index >= 15 is 0 Å². The van der Waals surface area contributed by atoms with E-state index in [1.807, 2.05) is 6.07 Å². The third kappa shape index (κ3) is 2.80. The lowest BCUT2D eigenvalue weighted by Crippen LogP contribution is -2.40. The van der Waals surface area contributed by atoms with Crippen molar-refractivity contribution in [1.29, 1.82) is 0 Å². The summed E-state index contributed by atoms with van der Waals surface area (Å²) in [4.78, 5) is 15.3. The fourth-order valence-corrected chi connectivity index (χ4v) is 2.15. The van der Waals surface area contributed by atoms with Gasteiger partial charge in [0, 0.05) is 21.9 Å². The number of benzene rings is 1. The van der Waals surface area contributed by atoms with Crippen molar-refractivity contribution in [2.24, 2.45) is 0 Å². The maximum Gasteiger partial charge on any atom is 0.333 e. The monoisotopic (exact) mass is 338 g/mol. The van der Waals surface area contributed by atoms with Gasteiger partial charge in [-0.3, -0.25) is 4.98 Å². The number of nitrogens with one attached hydrogen (secondary N) is 1. The molecule has 0 radical (unpaired) electrons. The summed E-state index contributed by atoms with van der Waals surface area (Å²) in [6, 6.07) is 8.27. The highest BCUT2D eigenvalue weighted by atomic mass is 79.9. The number of hydrogen-bond donors (Lipinski definition) is 2. The number of halogens is 2. The number of para-hydroxylation sites is 1. The van der Waals surface area contributed by atoms with Crippen LogP contribution in [0.3, 0.4) is 0 Å². The van der Waals surface area contributed by atoms with Crippen molar-refractivity contribution in [2.75, 3.05) is 5.32 Å². The van der Waals surface area contributed by atoms with Gasteiger partial charge in [-0.2, -0.15) is 0 Å². The molecule has 1 atom stereocenters. The largest absolute Gasteiger partial charge is 0.479 e. The Balaban J connectivity index is 2.46. The molecule has 2 N–H and O–H groups in total. The van der Waals surface area contributed by atoms with Gasteiger partial charge < -0.3 is 10.4 Å². The molecule has 0 fully saturated rings. The van der Waals surface area contributed by atoms with Gasteiger partial charge in [-0.25, -0.2) is 9.18 Å². The number of carboxylic acid groups (broad SMARTS) is 1. The summed E-state index contributed by atoms with van der Waals surface area (Å²) < 4.78 is 14.0. The van der Waals surface area contributed by atoms with Gasteiger partial charge in [0.25, 0.3) is 0 Å². The second kappa shape index (κ2) is 5.58. The zero-order chi connectivity index (χ0) is 14.8. The molecule has 4 nitrogen and oxygen atoms in total. The predicted octanol–water partition coefficient (Wildman–Crippen LogP) is 3.40. The smallest absolute Gasteiger partial charge is 0.333 e. The predicted molar refractivity (Wildman–Crippen MR) is 76.9 cm³/mol. The Kier molecular flexibility index (Phi) is 4.04. The van der Waals surface area contributed by atoms with Crippen LogP contribution in [0.15, 0.2) is 47.2 Å². The lowest BCUT2D eigenvalue weighted by atomic mass is 9.93. The van der Waals surface area contributed by atoms with E-state index in [1.54, 1.807) is 18.2 Å². The molecule has 1 aromatic carbocycles. The Labute approximate surface area is 123 Å². The molecule has 2 rings (SSSR count). The van der Waals surface area contributed by atoms with Crippen molar-refractivity contribution in [3.63, 3.8) is 0 Å². The van der Waals surface area contributed by atoms with Crippen LogP contribution in [0.2, 0.25) is 0 Å². The van der Waals surface area contributed by atoms with Crippen LogP contribution in [0.5, 0.6) is 0 Å². The second-order valence-electron chi connectivity index (χ2n) is 4.43. The summed E-state index contributed by atoms with van der Waals surface area (Å²) in [7, 11) is 0. The van der Waals surface area contributed by atoms with Crippen molar-refractivity contribution >= 4 is 27.6 Å². The maximum atomic E-state index is 13.3. The number of nitrogens with zero attached hydrogens (tertiary/aromatic N) is 1. The number of carboxylic acids is 1. The van der Waals surface area contributed by atoms with E-state index in [0.717, 1.165) is 16.7 Å². The SMILES string of the molecule is CC(Nc1ccccc1Br)(C(=O)O)c1cncc(F)c1. The first-order valence-electron chi connectivity index (χ1n) is 5.80. The molecule has 0 saturated heterocycles. The molecule has 2 aromatic rings. The quantitative estimate of drug-likeness (QED) is 0.896. The van der Waals surface area contributed by atoms with Crippen LogP contribution in [-0.2, 0) is 10.3 Å². The van der Waals surface area contributed by atoms with Crippen molar-refractivity contribution in [2.45, 2.75) is 12.5 Å². The van der Waals surface area contributed by atoms with E-state index in [2.05, 4.69) is 26.2 Å². The number of hydrogen-bond acceptors (Lipinski definition) is 3. The van der Waals surface area contributed by atoms with Crippen LogP contribution >= 0.6 is 15.9 Å². The molecule has 20 heavy (non-hydrogen) atoms. The van der Waals surface area contributed by atoms with Crippen LogP contribution in [0.1, 0.15) is 12.5 Å². The molecule has 0 bridgehead atoms. The van der Waals surface area contributed by atoms with Crippen LogP contribution in [0.4, 0.5) is 10.1 Å². The van der Waals surface area contributed by atoms with Gasteiger partial charge in [0.15, 0.2) is 5.54 Å². The third-order valence-corrected chi connectivity index (χ3v) is 3.66. The number of aromatic nitrogens is 1. The Morgan fingerprint density at radius 1 is 1.40 bits per heavy atom. The Hall–Kier alpha value is -1.95. The van der Waals surface area contributed by atoms with E-state index in [0.29, 0.717) is 5.69 Å². The molecule has 0 amide bonds. The molecule has 0 aliphatic heterocycles. The van der Waals surface area contributed by atoms with Crippen molar-refractivity contribution < 1.29 is 14.3 Å². The maximum absolute atomic E-state index is 13.3. The molecule has 0 spiro atoms. The van der Waals surface area contributed by atoms with Gasteiger partial charge in [0.2, 0.25) is 0 Å². The van der Waals surface area contributed by atoms with Gasteiger partial charge in [-0.1, -0.05) is 12.1 Å². The van der Waals surface area contributed by atoms with E-state index in [9.17, 15) is 14.3 Å². The molecule has 0 aliphatic rings. The molecule has 1 heterocycles. The standard InChI is InChI=1S/C14H12BrFN2O2/c1-14(13(19)20,9-6-10(16)8-17-7-9)18-12-5-3-2-4-11(12)15/h2-8,18H,1H3,(H,19,20). The van der Waals surface area contributed by atoms with E-state index in [4.69, 9.17) is 0 Å². The molecular formula is C14H12BrFN2O2. The van der Waals surface area contributed by atoms with Crippen molar-refractivity contribution in [3.8, 4) is 0 Å². The average molecular weight is 339 g/mol. The van der Waals surface area contributed by atoms with Gasteiger partial charge >= 0.3 is 5.97 Å².